The molecule has 2 heteroatoms. The Bertz CT molecular complexity index is 729. The van der Waals surface area contributed by atoms with Gasteiger partial charge in [0.1, 0.15) is 12.4 Å². The Labute approximate surface area is 310 Å². The van der Waals surface area contributed by atoms with Crippen molar-refractivity contribution in [3.8, 4) is 0 Å². The zero-order valence-electron chi connectivity index (χ0n) is 34.6. The first kappa shape index (κ1) is 46.2. The minimum atomic E-state index is 0.617. The molecule has 0 aliphatic rings. The number of aromatic amines is 1. The van der Waals surface area contributed by atoms with E-state index in [4.69, 9.17) is 0 Å². The van der Waals surface area contributed by atoms with E-state index in [1.807, 2.05) is 0 Å². The summed E-state index contributed by atoms with van der Waals surface area (Å²) in [6.45, 7) is 9.44. The molecule has 1 aromatic heterocycles. The van der Waals surface area contributed by atoms with Gasteiger partial charge in [0.15, 0.2) is 0 Å². The minimum Gasteiger partial charge on any atom is -0.247 e. The summed E-state index contributed by atoms with van der Waals surface area (Å²) >= 11 is 0. The van der Waals surface area contributed by atoms with Gasteiger partial charge in [-0.1, -0.05) is 239 Å². The Morgan fingerprint density at radius 1 is 0.388 bits per heavy atom. The van der Waals surface area contributed by atoms with Crippen molar-refractivity contribution in [2.24, 2.45) is 0 Å². The van der Waals surface area contributed by atoms with Crippen LogP contribution in [-0.4, -0.2) is 4.98 Å². The molecule has 0 spiro atoms. The lowest BCUT2D eigenvalue weighted by Gasteiger charge is -2.17. The van der Waals surface area contributed by atoms with Crippen molar-refractivity contribution in [2.45, 2.75) is 284 Å². The van der Waals surface area contributed by atoms with Crippen LogP contribution in [0.25, 0.3) is 0 Å². The third-order valence-electron chi connectivity index (χ3n) is 11.6. The average molecular weight is 686 g/mol. The zero-order chi connectivity index (χ0) is 35.3. The smallest absolute Gasteiger partial charge is 0.247 e. The van der Waals surface area contributed by atoms with Crippen LogP contribution in [-0.2, 0) is 0 Å². The number of rotatable bonds is 40. The number of nitrogens with one attached hydrogen (secondary N) is 1. The van der Waals surface area contributed by atoms with Crippen LogP contribution in [0.3, 0.4) is 0 Å². The van der Waals surface area contributed by atoms with Gasteiger partial charge in [-0.3, -0.25) is 0 Å². The molecule has 0 fully saturated rings. The van der Waals surface area contributed by atoms with Gasteiger partial charge >= 0.3 is 0 Å². The van der Waals surface area contributed by atoms with Crippen molar-refractivity contribution in [3.05, 3.63) is 18.2 Å². The molecule has 1 unspecified atom stereocenters. The average Bonchev–Trinajstić information content (AvgIpc) is 3.60. The molecule has 1 rings (SSSR count). The highest BCUT2D eigenvalue weighted by Gasteiger charge is 2.25. The first-order chi connectivity index (χ1) is 24.2. The first-order valence-electron chi connectivity index (χ1n) is 23.3. The van der Waals surface area contributed by atoms with Gasteiger partial charge < -0.3 is 0 Å². The number of unbranched alkanes of at least 4 members (excludes halogenated alkanes) is 32. The van der Waals surface area contributed by atoms with Crippen LogP contribution in [0.2, 0.25) is 0 Å². The second-order valence-electron chi connectivity index (χ2n) is 16.5. The second kappa shape index (κ2) is 37.0. The van der Waals surface area contributed by atoms with Gasteiger partial charge in [-0.2, -0.15) is 0 Å². The van der Waals surface area contributed by atoms with Gasteiger partial charge in [-0.15, -0.1) is 0 Å². The fraction of sp³-hybridized carbons (Fsp3) is 0.936. The maximum atomic E-state index is 3.77. The molecule has 0 saturated carbocycles. The number of hydrogen-bond acceptors (Lipinski definition) is 0. The standard InChI is InChI=1S/C47H92N2/c1-5-8-11-14-17-20-23-24-25-26-27-28-31-34-37-40-45(4)49-44-43-48-47(49)46(41-38-35-32-29-21-18-15-12-9-6-2)42-39-36-33-30-22-19-16-13-10-7-3/h43-46H,5-42H2,1-4H3/p+1. The predicted molar refractivity (Wildman–Crippen MR) is 221 cm³/mol. The van der Waals surface area contributed by atoms with Crippen molar-refractivity contribution < 1.29 is 4.57 Å². The van der Waals surface area contributed by atoms with Crippen LogP contribution in [0.4, 0.5) is 0 Å². The Hall–Kier alpha value is -0.790. The molecule has 0 radical (unpaired) electrons. The van der Waals surface area contributed by atoms with E-state index >= 15 is 0 Å². The zero-order valence-corrected chi connectivity index (χ0v) is 34.6. The molecule has 0 aliphatic carbocycles. The predicted octanol–water partition coefficient (Wildman–Crippen LogP) is 16.8. The molecule has 2 nitrogen and oxygen atoms in total. The van der Waals surface area contributed by atoms with E-state index in [0.717, 1.165) is 0 Å². The molecule has 0 bridgehead atoms. The maximum Gasteiger partial charge on any atom is 0.257 e. The SMILES string of the molecule is CCCCCCCCCCCCCCCCCC(C)[n+]1cc[nH]c1C(CCCCCCCCCCCC)CCCCCCCCCCCC. The Balaban J connectivity index is 2.34. The summed E-state index contributed by atoms with van der Waals surface area (Å²) in [6.07, 6.45) is 59.1. The van der Waals surface area contributed by atoms with E-state index in [-0.39, 0.29) is 0 Å². The fourth-order valence-electron chi connectivity index (χ4n) is 8.20. The molecule has 0 aromatic carbocycles. The summed E-state index contributed by atoms with van der Waals surface area (Å²) < 4.78 is 2.65. The Morgan fingerprint density at radius 2 is 0.653 bits per heavy atom. The number of hydrogen-bond donors (Lipinski definition) is 1. The largest absolute Gasteiger partial charge is 0.257 e. The lowest BCUT2D eigenvalue weighted by molar-refractivity contribution is -0.727. The minimum absolute atomic E-state index is 0.617. The normalized spacial score (nSPS) is 12.4. The second-order valence-corrected chi connectivity index (χ2v) is 16.5. The van der Waals surface area contributed by atoms with E-state index < -0.39 is 0 Å². The van der Waals surface area contributed by atoms with Crippen molar-refractivity contribution in [1.29, 1.82) is 0 Å². The first-order valence-corrected chi connectivity index (χ1v) is 23.3. The molecular formula is C47H93N2+. The van der Waals surface area contributed by atoms with Gasteiger partial charge in [0.05, 0.1) is 12.0 Å². The Kier molecular flexibility index (Phi) is 34.9. The summed E-state index contributed by atoms with van der Waals surface area (Å²) in [5.41, 5.74) is 0. The number of imidazole rings is 1. The third kappa shape index (κ3) is 28.5. The van der Waals surface area contributed by atoms with Gasteiger partial charge in [0.25, 0.3) is 5.82 Å². The van der Waals surface area contributed by atoms with E-state index in [2.05, 4.69) is 49.6 Å². The summed E-state index contributed by atoms with van der Waals surface area (Å²) in [5, 5.41) is 0. The van der Waals surface area contributed by atoms with E-state index in [9.17, 15) is 0 Å². The molecule has 290 valence electrons. The quantitative estimate of drug-likeness (QED) is 0.0524. The maximum absolute atomic E-state index is 3.77. The molecule has 1 atom stereocenters. The van der Waals surface area contributed by atoms with E-state index in [1.54, 1.807) is 5.82 Å². The molecule has 1 aromatic rings. The van der Waals surface area contributed by atoms with Crippen LogP contribution in [0.15, 0.2) is 12.4 Å². The van der Waals surface area contributed by atoms with E-state index in [0.29, 0.717) is 12.0 Å². The van der Waals surface area contributed by atoms with Crippen LogP contribution in [0.5, 0.6) is 0 Å². The van der Waals surface area contributed by atoms with Crippen LogP contribution in [0, 0.1) is 0 Å². The molecule has 1 N–H and O–H groups in total. The van der Waals surface area contributed by atoms with Crippen molar-refractivity contribution in [2.75, 3.05) is 0 Å². The summed E-state index contributed by atoms with van der Waals surface area (Å²) in [5.74, 6) is 2.25. The monoisotopic (exact) mass is 686 g/mol. The highest BCUT2D eigenvalue weighted by Crippen LogP contribution is 2.27. The molecule has 0 saturated heterocycles. The van der Waals surface area contributed by atoms with E-state index in [1.165, 1.54) is 244 Å². The summed E-state index contributed by atoms with van der Waals surface area (Å²) in [4.78, 5) is 3.77. The fourth-order valence-corrected chi connectivity index (χ4v) is 8.20. The number of H-pyrrole nitrogens is 1. The third-order valence-corrected chi connectivity index (χ3v) is 11.6. The molecule has 0 aliphatic heterocycles. The molecule has 49 heavy (non-hydrogen) atoms. The molecule has 0 amide bonds. The van der Waals surface area contributed by atoms with Crippen LogP contribution >= 0.6 is 0 Å². The number of aromatic nitrogens is 2. The molecule has 1 heterocycles. The topological polar surface area (TPSA) is 19.7 Å². The highest BCUT2D eigenvalue weighted by atomic mass is 15.1. The van der Waals surface area contributed by atoms with Gasteiger partial charge in [0, 0.05) is 0 Å². The lowest BCUT2D eigenvalue weighted by Crippen LogP contribution is -2.41. The van der Waals surface area contributed by atoms with Crippen LogP contribution in [0.1, 0.15) is 289 Å². The Morgan fingerprint density at radius 3 is 0.959 bits per heavy atom. The van der Waals surface area contributed by atoms with Crippen molar-refractivity contribution in [1.82, 2.24) is 4.98 Å². The highest BCUT2D eigenvalue weighted by molar-refractivity contribution is 4.90. The van der Waals surface area contributed by atoms with Gasteiger partial charge in [0.2, 0.25) is 0 Å². The molecular weight excluding hydrogens is 593 g/mol. The summed E-state index contributed by atoms with van der Waals surface area (Å²) in [6, 6.07) is 0.617. The lowest BCUT2D eigenvalue weighted by atomic mass is 9.92. The number of nitrogens with zero attached hydrogens (tertiary/aromatic N) is 1. The van der Waals surface area contributed by atoms with Crippen molar-refractivity contribution in [3.63, 3.8) is 0 Å². The van der Waals surface area contributed by atoms with Gasteiger partial charge in [-0.05, 0) is 32.6 Å². The van der Waals surface area contributed by atoms with Gasteiger partial charge in [-0.25, -0.2) is 9.55 Å². The summed E-state index contributed by atoms with van der Waals surface area (Å²) in [7, 11) is 0. The van der Waals surface area contributed by atoms with Crippen molar-refractivity contribution >= 4 is 0 Å². The van der Waals surface area contributed by atoms with Crippen LogP contribution < -0.4 is 4.57 Å².